The quantitative estimate of drug-likeness (QED) is 0.421. The van der Waals surface area contributed by atoms with E-state index in [2.05, 4.69) is 36.5 Å². The van der Waals surface area contributed by atoms with Gasteiger partial charge in [0.1, 0.15) is 11.6 Å². The van der Waals surface area contributed by atoms with Crippen molar-refractivity contribution in [3.8, 4) is 0 Å². The molecule has 0 saturated carbocycles. The predicted octanol–water partition coefficient (Wildman–Crippen LogP) is 4.20. The van der Waals surface area contributed by atoms with E-state index in [0.717, 1.165) is 6.07 Å². The van der Waals surface area contributed by atoms with Crippen LogP contribution in [0.4, 0.5) is 27.5 Å². The smallest absolute Gasteiger partial charge is 0.261 e. The molecule has 0 aliphatic heterocycles. The Morgan fingerprint density at radius 2 is 1.93 bits per heavy atom. The SMILES string of the molecule is Cc1cc(S(=O)(=O)Cl)ccc1Nc1ncc(Br)c(Nc2cccc(F)c2C(N)=O)n1. The third-order valence-corrected chi connectivity index (χ3v) is 5.91. The molecule has 1 amide bonds. The standard InChI is InChI=1S/C18H14BrClFN5O3S/c1-9-7-10(30(20,28)29)5-6-13(9)25-18-23-8-11(19)17(26-18)24-14-4-2-3-12(21)15(14)16(22)27/h2-8H,1H3,(H2,22,27)(H2,23,24,25,26). The van der Waals surface area contributed by atoms with Gasteiger partial charge in [-0.2, -0.15) is 4.98 Å². The highest BCUT2D eigenvalue weighted by Crippen LogP contribution is 2.29. The van der Waals surface area contributed by atoms with E-state index in [1.807, 2.05) is 0 Å². The number of aromatic nitrogens is 2. The number of aryl methyl sites for hydroxylation is 1. The van der Waals surface area contributed by atoms with Gasteiger partial charge in [-0.25, -0.2) is 17.8 Å². The molecule has 8 nitrogen and oxygen atoms in total. The first-order valence-electron chi connectivity index (χ1n) is 8.26. The molecule has 2 aromatic carbocycles. The number of amides is 1. The number of hydrogen-bond acceptors (Lipinski definition) is 7. The maximum atomic E-state index is 14.0. The molecular weight excluding hydrogens is 501 g/mol. The number of anilines is 4. The fourth-order valence-corrected chi connectivity index (χ4v) is 3.70. The van der Waals surface area contributed by atoms with Crippen LogP contribution in [0.25, 0.3) is 0 Å². The Bertz CT molecular complexity index is 1260. The van der Waals surface area contributed by atoms with E-state index in [-0.39, 0.29) is 27.9 Å². The van der Waals surface area contributed by atoms with Crippen LogP contribution in [-0.4, -0.2) is 24.3 Å². The van der Waals surface area contributed by atoms with Crippen LogP contribution in [0, 0.1) is 12.7 Å². The van der Waals surface area contributed by atoms with E-state index in [1.165, 1.54) is 36.5 Å². The van der Waals surface area contributed by atoms with E-state index in [1.54, 1.807) is 6.92 Å². The van der Waals surface area contributed by atoms with Gasteiger partial charge in [0.2, 0.25) is 5.95 Å². The number of benzene rings is 2. The fourth-order valence-electron chi connectivity index (χ4n) is 2.57. The molecule has 0 spiro atoms. The van der Waals surface area contributed by atoms with E-state index in [9.17, 15) is 17.6 Å². The predicted molar refractivity (Wildman–Crippen MR) is 115 cm³/mol. The van der Waals surface area contributed by atoms with Crippen molar-refractivity contribution >= 4 is 64.7 Å². The lowest BCUT2D eigenvalue weighted by molar-refractivity contribution is 0.0997. The number of hydrogen-bond donors (Lipinski definition) is 3. The van der Waals surface area contributed by atoms with Crippen LogP contribution >= 0.6 is 26.6 Å². The van der Waals surface area contributed by atoms with Crippen molar-refractivity contribution in [1.29, 1.82) is 0 Å². The molecule has 0 radical (unpaired) electrons. The second kappa shape index (κ2) is 8.54. The van der Waals surface area contributed by atoms with Crippen LogP contribution in [0.2, 0.25) is 0 Å². The van der Waals surface area contributed by atoms with Crippen molar-refractivity contribution in [2.24, 2.45) is 5.73 Å². The first-order valence-corrected chi connectivity index (χ1v) is 11.4. The molecule has 12 heteroatoms. The van der Waals surface area contributed by atoms with Crippen LogP contribution in [-0.2, 0) is 9.05 Å². The van der Waals surface area contributed by atoms with E-state index in [0.29, 0.717) is 15.7 Å². The minimum atomic E-state index is -3.85. The highest BCUT2D eigenvalue weighted by Gasteiger charge is 2.16. The first-order chi connectivity index (χ1) is 14.1. The van der Waals surface area contributed by atoms with Gasteiger partial charge >= 0.3 is 0 Å². The van der Waals surface area contributed by atoms with Crippen LogP contribution < -0.4 is 16.4 Å². The van der Waals surface area contributed by atoms with Crippen molar-refractivity contribution in [2.45, 2.75) is 11.8 Å². The van der Waals surface area contributed by atoms with Crippen LogP contribution in [0.5, 0.6) is 0 Å². The Morgan fingerprint density at radius 1 is 1.20 bits per heavy atom. The number of primary amides is 1. The van der Waals surface area contributed by atoms with Crippen LogP contribution in [0.3, 0.4) is 0 Å². The number of nitrogens with zero attached hydrogens (tertiary/aromatic N) is 2. The summed E-state index contributed by atoms with van der Waals surface area (Å²) in [5.41, 5.74) is 6.26. The summed E-state index contributed by atoms with van der Waals surface area (Å²) in [7, 11) is 1.51. The van der Waals surface area contributed by atoms with E-state index < -0.39 is 20.8 Å². The summed E-state index contributed by atoms with van der Waals surface area (Å²) >= 11 is 3.29. The number of carbonyl (C=O) groups is 1. The number of halogens is 3. The highest BCUT2D eigenvalue weighted by molar-refractivity contribution is 9.10. The van der Waals surface area contributed by atoms with Crippen molar-refractivity contribution in [2.75, 3.05) is 10.6 Å². The maximum Gasteiger partial charge on any atom is 0.261 e. The maximum absolute atomic E-state index is 14.0. The van der Waals surface area contributed by atoms with Gasteiger partial charge in [-0.1, -0.05) is 6.07 Å². The molecule has 0 bridgehead atoms. The molecule has 1 aromatic heterocycles. The highest BCUT2D eigenvalue weighted by atomic mass is 79.9. The van der Waals surface area contributed by atoms with Crippen molar-refractivity contribution in [1.82, 2.24) is 9.97 Å². The summed E-state index contributed by atoms with van der Waals surface area (Å²) in [4.78, 5) is 20.0. The molecular formula is C18H14BrClFN5O3S. The minimum absolute atomic E-state index is 0.0311. The second-order valence-corrected chi connectivity index (χ2v) is 9.50. The average Bonchev–Trinajstić information content (AvgIpc) is 2.65. The van der Waals surface area contributed by atoms with Gasteiger partial charge in [0.25, 0.3) is 15.0 Å². The molecule has 0 saturated heterocycles. The largest absolute Gasteiger partial charge is 0.365 e. The van der Waals surface area contributed by atoms with Crippen molar-refractivity contribution < 1.29 is 17.6 Å². The molecule has 3 aromatic rings. The summed E-state index contributed by atoms with van der Waals surface area (Å²) < 4.78 is 37.3. The molecule has 4 N–H and O–H groups in total. The molecule has 0 aliphatic carbocycles. The number of rotatable bonds is 6. The Hall–Kier alpha value is -2.76. The third-order valence-electron chi connectivity index (χ3n) is 3.98. The zero-order valence-corrected chi connectivity index (χ0v) is 18.4. The molecule has 0 aliphatic rings. The zero-order chi connectivity index (χ0) is 22.1. The van der Waals surface area contributed by atoms with Crippen LogP contribution in [0.15, 0.2) is 52.0 Å². The molecule has 0 fully saturated rings. The fraction of sp³-hybridized carbons (Fsp3) is 0.0556. The lowest BCUT2D eigenvalue weighted by Gasteiger charge is -2.13. The van der Waals surface area contributed by atoms with Gasteiger partial charge < -0.3 is 16.4 Å². The van der Waals surface area contributed by atoms with Gasteiger partial charge in [0.05, 0.1) is 20.6 Å². The Kier molecular flexibility index (Phi) is 6.25. The number of nitrogens with one attached hydrogen (secondary N) is 2. The van der Waals surface area contributed by atoms with Gasteiger partial charge in [-0.15, -0.1) is 0 Å². The van der Waals surface area contributed by atoms with Crippen LogP contribution in [0.1, 0.15) is 15.9 Å². The number of nitrogens with two attached hydrogens (primary N) is 1. The normalized spacial score (nSPS) is 11.2. The zero-order valence-electron chi connectivity index (χ0n) is 15.3. The molecule has 1 heterocycles. The second-order valence-electron chi connectivity index (χ2n) is 6.08. The minimum Gasteiger partial charge on any atom is -0.365 e. The average molecular weight is 515 g/mol. The van der Waals surface area contributed by atoms with Gasteiger partial charge in [0.15, 0.2) is 0 Å². The van der Waals surface area contributed by atoms with E-state index >= 15 is 0 Å². The number of carbonyl (C=O) groups excluding carboxylic acids is 1. The topological polar surface area (TPSA) is 127 Å². The van der Waals surface area contributed by atoms with Gasteiger partial charge in [0, 0.05) is 22.6 Å². The van der Waals surface area contributed by atoms with Gasteiger partial charge in [-0.3, -0.25) is 4.79 Å². The summed E-state index contributed by atoms with van der Waals surface area (Å²) in [6.07, 6.45) is 1.45. The first kappa shape index (κ1) is 21.9. The lowest BCUT2D eigenvalue weighted by atomic mass is 10.1. The summed E-state index contributed by atoms with van der Waals surface area (Å²) in [5.74, 6) is -1.27. The molecule has 0 unspecified atom stereocenters. The molecule has 3 rings (SSSR count). The summed E-state index contributed by atoms with van der Waals surface area (Å²) in [6, 6.07) is 8.33. The molecule has 156 valence electrons. The summed E-state index contributed by atoms with van der Waals surface area (Å²) in [5, 5.41) is 5.82. The Labute approximate surface area is 184 Å². The molecule has 0 atom stereocenters. The van der Waals surface area contributed by atoms with Crippen molar-refractivity contribution in [3.63, 3.8) is 0 Å². The van der Waals surface area contributed by atoms with Crippen molar-refractivity contribution in [3.05, 3.63) is 64.0 Å². The monoisotopic (exact) mass is 513 g/mol. The Balaban J connectivity index is 1.92. The Morgan fingerprint density at radius 3 is 2.57 bits per heavy atom. The van der Waals surface area contributed by atoms with E-state index in [4.69, 9.17) is 16.4 Å². The summed E-state index contributed by atoms with van der Waals surface area (Å²) in [6.45, 7) is 1.69. The van der Waals surface area contributed by atoms with Gasteiger partial charge in [-0.05, 0) is 58.7 Å². The third kappa shape index (κ3) is 4.86. The lowest BCUT2D eigenvalue weighted by Crippen LogP contribution is -2.16. The molecule has 30 heavy (non-hydrogen) atoms.